The van der Waals surface area contributed by atoms with E-state index in [1.807, 2.05) is 48.5 Å². The number of unbranched alkanes of at least 4 members (excludes halogenated alkanes) is 1. The zero-order valence-electron chi connectivity index (χ0n) is 15.4. The molecular formula is C21H23N5O. The molecule has 0 unspecified atom stereocenters. The van der Waals surface area contributed by atoms with Crippen molar-refractivity contribution in [2.75, 3.05) is 11.9 Å². The normalized spacial score (nSPS) is 10.4. The highest BCUT2D eigenvalue weighted by Crippen LogP contribution is 2.18. The van der Waals surface area contributed by atoms with Crippen LogP contribution in [0.1, 0.15) is 35.9 Å². The second kappa shape index (κ2) is 9.43. The number of hydrogen-bond acceptors (Lipinski definition) is 5. The Bertz CT molecular complexity index is 868. The molecule has 0 saturated carbocycles. The summed E-state index contributed by atoms with van der Waals surface area (Å²) in [6.07, 6.45) is 3.71. The molecule has 0 bridgehead atoms. The Balaban J connectivity index is 1.84. The molecule has 0 aliphatic rings. The Morgan fingerprint density at radius 3 is 2.59 bits per heavy atom. The molecule has 2 heterocycles. The maximum absolute atomic E-state index is 12.5. The van der Waals surface area contributed by atoms with Gasteiger partial charge in [-0.2, -0.15) is 0 Å². The average Bonchev–Trinajstić information content (AvgIpc) is 2.73. The van der Waals surface area contributed by atoms with Crippen molar-refractivity contribution in [2.24, 2.45) is 0 Å². The van der Waals surface area contributed by atoms with E-state index in [2.05, 4.69) is 32.5 Å². The van der Waals surface area contributed by atoms with Crippen molar-refractivity contribution in [3.63, 3.8) is 0 Å². The van der Waals surface area contributed by atoms with Gasteiger partial charge in [0.1, 0.15) is 11.5 Å². The van der Waals surface area contributed by atoms with E-state index >= 15 is 0 Å². The Morgan fingerprint density at radius 1 is 1.04 bits per heavy atom. The number of carbonyl (C=O) groups is 1. The molecule has 2 aromatic heterocycles. The number of nitrogens with zero attached hydrogens (tertiary/aromatic N) is 3. The van der Waals surface area contributed by atoms with Crippen LogP contribution in [0.4, 0.5) is 5.82 Å². The number of aromatic nitrogens is 3. The lowest BCUT2D eigenvalue weighted by atomic mass is 10.2. The second-order valence-corrected chi connectivity index (χ2v) is 6.11. The molecule has 0 atom stereocenters. The van der Waals surface area contributed by atoms with Gasteiger partial charge in [-0.15, -0.1) is 0 Å². The van der Waals surface area contributed by atoms with Gasteiger partial charge in [0, 0.05) is 24.4 Å². The van der Waals surface area contributed by atoms with Crippen LogP contribution in [0.25, 0.3) is 11.4 Å². The number of hydrogen-bond donors (Lipinski definition) is 2. The van der Waals surface area contributed by atoms with Crippen molar-refractivity contribution in [1.29, 1.82) is 0 Å². The summed E-state index contributed by atoms with van der Waals surface area (Å²) >= 11 is 0. The van der Waals surface area contributed by atoms with E-state index in [-0.39, 0.29) is 5.91 Å². The van der Waals surface area contributed by atoms with Crippen molar-refractivity contribution in [1.82, 2.24) is 20.3 Å². The molecular weight excluding hydrogens is 338 g/mol. The van der Waals surface area contributed by atoms with E-state index in [9.17, 15) is 4.79 Å². The Morgan fingerprint density at radius 2 is 1.85 bits per heavy atom. The molecule has 0 aliphatic heterocycles. The zero-order chi connectivity index (χ0) is 18.9. The topological polar surface area (TPSA) is 79.8 Å². The molecule has 0 aliphatic carbocycles. The maximum Gasteiger partial charge on any atom is 0.270 e. The lowest BCUT2D eigenvalue weighted by Crippen LogP contribution is -2.25. The first-order chi connectivity index (χ1) is 13.3. The highest BCUT2D eigenvalue weighted by molar-refractivity contribution is 5.93. The summed E-state index contributed by atoms with van der Waals surface area (Å²) in [6.45, 7) is 3.24. The molecule has 0 radical (unpaired) electrons. The highest BCUT2D eigenvalue weighted by atomic mass is 16.1. The number of amides is 1. The first-order valence-corrected chi connectivity index (χ1v) is 9.12. The van der Waals surface area contributed by atoms with Crippen LogP contribution in [0.15, 0.2) is 60.8 Å². The molecule has 0 spiro atoms. The van der Waals surface area contributed by atoms with Gasteiger partial charge in [0.05, 0.1) is 12.2 Å². The largest absolute Gasteiger partial charge is 0.364 e. The Kier molecular flexibility index (Phi) is 6.46. The molecule has 1 amide bonds. The number of nitrogens with one attached hydrogen (secondary N) is 2. The van der Waals surface area contributed by atoms with E-state index in [1.54, 1.807) is 12.3 Å². The van der Waals surface area contributed by atoms with Crippen LogP contribution in [0, 0.1) is 0 Å². The summed E-state index contributed by atoms with van der Waals surface area (Å²) in [5.74, 6) is 0.918. The lowest BCUT2D eigenvalue weighted by Gasteiger charge is -2.10. The van der Waals surface area contributed by atoms with Gasteiger partial charge in [0.2, 0.25) is 0 Å². The number of pyridine rings is 1. The predicted octanol–water partition coefficient (Wildman–Crippen LogP) is 3.68. The van der Waals surface area contributed by atoms with Crippen molar-refractivity contribution >= 4 is 11.7 Å². The first kappa shape index (κ1) is 18.5. The first-order valence-electron chi connectivity index (χ1n) is 9.12. The van der Waals surface area contributed by atoms with Crippen molar-refractivity contribution in [3.05, 3.63) is 72.2 Å². The van der Waals surface area contributed by atoms with E-state index in [0.29, 0.717) is 30.4 Å². The molecule has 3 rings (SSSR count). The smallest absolute Gasteiger partial charge is 0.270 e. The maximum atomic E-state index is 12.5. The molecule has 6 heteroatoms. The van der Waals surface area contributed by atoms with Crippen LogP contribution in [0.3, 0.4) is 0 Å². The van der Waals surface area contributed by atoms with Gasteiger partial charge < -0.3 is 10.6 Å². The highest BCUT2D eigenvalue weighted by Gasteiger charge is 2.13. The summed E-state index contributed by atoms with van der Waals surface area (Å²) in [4.78, 5) is 25.8. The molecule has 27 heavy (non-hydrogen) atoms. The van der Waals surface area contributed by atoms with Gasteiger partial charge in [-0.05, 0) is 18.6 Å². The molecule has 3 aromatic rings. The molecule has 2 N–H and O–H groups in total. The van der Waals surface area contributed by atoms with Crippen molar-refractivity contribution < 1.29 is 4.79 Å². The van der Waals surface area contributed by atoms with E-state index in [4.69, 9.17) is 0 Å². The second-order valence-electron chi connectivity index (χ2n) is 6.11. The van der Waals surface area contributed by atoms with Crippen LogP contribution in [-0.4, -0.2) is 27.4 Å². The van der Waals surface area contributed by atoms with Crippen LogP contribution in [-0.2, 0) is 6.54 Å². The van der Waals surface area contributed by atoms with Crippen LogP contribution in [0.5, 0.6) is 0 Å². The molecule has 1 aromatic carbocycles. The molecule has 6 nitrogen and oxygen atoms in total. The lowest BCUT2D eigenvalue weighted by molar-refractivity contribution is 0.0948. The van der Waals surface area contributed by atoms with Gasteiger partial charge in [-0.25, -0.2) is 9.97 Å². The Hall–Kier alpha value is -3.28. The van der Waals surface area contributed by atoms with Gasteiger partial charge in [0.25, 0.3) is 5.91 Å². The quantitative estimate of drug-likeness (QED) is 0.598. The van der Waals surface area contributed by atoms with Gasteiger partial charge in [-0.3, -0.25) is 9.78 Å². The third kappa shape index (κ3) is 5.34. The summed E-state index contributed by atoms with van der Waals surface area (Å²) < 4.78 is 0. The van der Waals surface area contributed by atoms with Crippen molar-refractivity contribution in [2.45, 2.75) is 26.3 Å². The summed E-state index contributed by atoms with van der Waals surface area (Å²) in [5, 5.41) is 6.15. The minimum atomic E-state index is -0.191. The number of carbonyl (C=O) groups excluding carboxylic acids is 1. The average molecular weight is 361 g/mol. The molecule has 138 valence electrons. The number of anilines is 1. The van der Waals surface area contributed by atoms with Crippen LogP contribution in [0.2, 0.25) is 0 Å². The predicted molar refractivity (Wildman–Crippen MR) is 106 cm³/mol. The van der Waals surface area contributed by atoms with E-state index in [1.165, 1.54) is 0 Å². The van der Waals surface area contributed by atoms with Gasteiger partial charge in [-0.1, -0.05) is 49.7 Å². The summed E-state index contributed by atoms with van der Waals surface area (Å²) in [7, 11) is 0. The third-order valence-corrected chi connectivity index (χ3v) is 3.98. The third-order valence-electron chi connectivity index (χ3n) is 3.98. The SMILES string of the molecule is CCCCNC(=O)c1cc(NCc2ccccn2)nc(-c2ccccc2)n1. The number of benzene rings is 1. The fourth-order valence-electron chi connectivity index (χ4n) is 2.52. The van der Waals surface area contributed by atoms with Gasteiger partial charge >= 0.3 is 0 Å². The van der Waals surface area contributed by atoms with Gasteiger partial charge in [0.15, 0.2) is 5.82 Å². The van der Waals surface area contributed by atoms with E-state index < -0.39 is 0 Å². The summed E-state index contributed by atoms with van der Waals surface area (Å²) in [5.41, 5.74) is 2.11. The Labute approximate surface area is 159 Å². The monoisotopic (exact) mass is 361 g/mol. The van der Waals surface area contributed by atoms with E-state index in [0.717, 1.165) is 24.1 Å². The fourth-order valence-corrected chi connectivity index (χ4v) is 2.52. The zero-order valence-corrected chi connectivity index (χ0v) is 15.4. The standard InChI is InChI=1S/C21H23N5O/c1-2-3-12-23-21(27)18-14-19(24-15-17-11-7-8-13-22-17)26-20(25-18)16-9-5-4-6-10-16/h4-11,13-14H,2-3,12,15H2,1H3,(H,23,27)(H,24,25,26). The molecule has 0 saturated heterocycles. The fraction of sp³-hybridized carbons (Fsp3) is 0.238. The molecule has 0 fully saturated rings. The van der Waals surface area contributed by atoms with Crippen LogP contribution >= 0.6 is 0 Å². The minimum absolute atomic E-state index is 0.191. The minimum Gasteiger partial charge on any atom is -0.364 e. The van der Waals surface area contributed by atoms with Crippen LogP contribution < -0.4 is 10.6 Å². The van der Waals surface area contributed by atoms with Crippen molar-refractivity contribution in [3.8, 4) is 11.4 Å². The summed E-state index contributed by atoms with van der Waals surface area (Å²) in [6, 6.07) is 17.1. The number of rotatable bonds is 8.